The number of aryl methyl sites for hydroxylation is 1. The summed E-state index contributed by atoms with van der Waals surface area (Å²) in [6.07, 6.45) is 9.86. The number of rotatable bonds is 12. The molecule has 4 rings (SSSR count). The number of aromatic carboxylic acids is 1. The van der Waals surface area contributed by atoms with Crippen LogP contribution in [0.2, 0.25) is 0 Å². The molecule has 0 atom stereocenters. The Kier molecular flexibility index (Phi) is 10.4. The molecule has 1 aromatic carbocycles. The van der Waals surface area contributed by atoms with Crippen molar-refractivity contribution in [2.24, 2.45) is 0 Å². The number of halogens is 3. The molecule has 2 heterocycles. The number of nitrogens with zero attached hydrogens (tertiary/aromatic N) is 1. The molecule has 1 fully saturated rings. The van der Waals surface area contributed by atoms with E-state index < -0.39 is 18.6 Å². The van der Waals surface area contributed by atoms with E-state index in [4.69, 9.17) is 5.11 Å². The minimum Gasteiger partial charge on any atom is -0.478 e. The molecular formula is C27H32F3NO3S. The third kappa shape index (κ3) is 10.3. The van der Waals surface area contributed by atoms with Gasteiger partial charge in [-0.25, -0.2) is 9.78 Å². The van der Waals surface area contributed by atoms with Gasteiger partial charge in [0.1, 0.15) is 6.26 Å². The van der Waals surface area contributed by atoms with Gasteiger partial charge >= 0.3 is 12.1 Å². The lowest BCUT2D eigenvalue weighted by Crippen LogP contribution is -2.06. The van der Waals surface area contributed by atoms with Crippen molar-refractivity contribution in [3.8, 4) is 10.4 Å². The van der Waals surface area contributed by atoms with E-state index in [2.05, 4.69) is 33.7 Å². The minimum absolute atomic E-state index is 0.185. The molecule has 1 N–H and O–H groups in total. The molecule has 1 aliphatic rings. The van der Waals surface area contributed by atoms with E-state index in [1.807, 2.05) is 17.5 Å². The van der Waals surface area contributed by atoms with Crippen LogP contribution in [0.1, 0.15) is 91.1 Å². The van der Waals surface area contributed by atoms with E-state index in [0.29, 0.717) is 12.3 Å². The summed E-state index contributed by atoms with van der Waals surface area (Å²) in [6, 6.07) is 10.1. The van der Waals surface area contributed by atoms with Crippen LogP contribution in [0.3, 0.4) is 0 Å². The first kappa shape index (κ1) is 27.0. The predicted molar refractivity (Wildman–Crippen MR) is 132 cm³/mol. The summed E-state index contributed by atoms with van der Waals surface area (Å²) in [5, 5.41) is 9.50. The van der Waals surface area contributed by atoms with E-state index in [0.717, 1.165) is 38.5 Å². The van der Waals surface area contributed by atoms with Crippen molar-refractivity contribution in [2.75, 3.05) is 0 Å². The second-order valence-corrected chi connectivity index (χ2v) is 10.0. The van der Waals surface area contributed by atoms with Crippen LogP contribution in [-0.2, 0) is 6.42 Å². The first-order valence-corrected chi connectivity index (χ1v) is 13.0. The van der Waals surface area contributed by atoms with Crippen LogP contribution < -0.4 is 0 Å². The van der Waals surface area contributed by atoms with Crippen molar-refractivity contribution in [1.82, 2.24) is 4.98 Å². The lowest BCUT2D eigenvalue weighted by atomic mass is 10.0. The van der Waals surface area contributed by atoms with Gasteiger partial charge in [0.25, 0.3) is 0 Å². The van der Waals surface area contributed by atoms with E-state index >= 15 is 0 Å². The molecule has 190 valence electrons. The standard InChI is InChI=1S/C22H28F3NS.C5H4O3/c23-22(24,25)14-7-5-3-1-2-4-6-9-17-10-8-11-19(15-17)20-16-26-21(27-20)18-12-13-18;6-5(7)4-1-2-8-3-4/h8,10-11,15-16,18H,1-7,9,12-14H2;1-3H,(H,6,7). The average molecular weight is 508 g/mol. The van der Waals surface area contributed by atoms with Crippen LogP contribution in [0.25, 0.3) is 10.4 Å². The fraction of sp³-hybridized carbons (Fsp3) is 0.481. The zero-order valence-corrected chi connectivity index (χ0v) is 20.5. The number of unbranched alkanes of at least 4 members (excludes halogenated alkanes) is 6. The third-order valence-corrected chi connectivity index (χ3v) is 7.06. The fourth-order valence-electron chi connectivity index (χ4n) is 3.74. The Bertz CT molecular complexity index is 1030. The molecule has 3 aromatic rings. The quantitative estimate of drug-likeness (QED) is 0.249. The third-order valence-electron chi connectivity index (χ3n) is 5.86. The van der Waals surface area contributed by atoms with E-state index in [1.54, 1.807) is 0 Å². The lowest BCUT2D eigenvalue weighted by Gasteiger charge is -2.06. The maximum absolute atomic E-state index is 12.1. The zero-order chi connectivity index (χ0) is 25.1. The van der Waals surface area contributed by atoms with E-state index in [9.17, 15) is 18.0 Å². The number of hydrogen-bond acceptors (Lipinski definition) is 4. The van der Waals surface area contributed by atoms with Crippen LogP contribution in [-0.4, -0.2) is 22.2 Å². The van der Waals surface area contributed by atoms with Crippen LogP contribution in [0.4, 0.5) is 13.2 Å². The Balaban J connectivity index is 0.000000363. The summed E-state index contributed by atoms with van der Waals surface area (Å²) >= 11 is 1.83. The monoisotopic (exact) mass is 507 g/mol. The number of benzene rings is 1. The van der Waals surface area contributed by atoms with Gasteiger partial charge in [-0.3, -0.25) is 0 Å². The maximum Gasteiger partial charge on any atom is 0.389 e. The number of furan rings is 1. The van der Waals surface area contributed by atoms with Gasteiger partial charge in [0.2, 0.25) is 0 Å². The topological polar surface area (TPSA) is 63.3 Å². The van der Waals surface area contributed by atoms with Crippen molar-refractivity contribution >= 4 is 17.3 Å². The van der Waals surface area contributed by atoms with Gasteiger partial charge < -0.3 is 9.52 Å². The number of thiazole rings is 1. The van der Waals surface area contributed by atoms with E-state index in [1.165, 1.54) is 52.4 Å². The van der Waals surface area contributed by atoms with Crippen molar-refractivity contribution in [1.29, 1.82) is 0 Å². The normalized spacial score (nSPS) is 13.3. The molecule has 8 heteroatoms. The van der Waals surface area contributed by atoms with Gasteiger partial charge in [0.15, 0.2) is 0 Å². The number of carbonyl (C=O) groups is 1. The highest BCUT2D eigenvalue weighted by Gasteiger charge is 2.27. The summed E-state index contributed by atoms with van der Waals surface area (Å²) in [4.78, 5) is 15.8. The van der Waals surface area contributed by atoms with Crippen molar-refractivity contribution in [3.63, 3.8) is 0 Å². The molecular weight excluding hydrogens is 475 g/mol. The van der Waals surface area contributed by atoms with Crippen LogP contribution in [0.5, 0.6) is 0 Å². The smallest absolute Gasteiger partial charge is 0.389 e. The summed E-state index contributed by atoms with van der Waals surface area (Å²) in [5.41, 5.74) is 2.81. The Morgan fingerprint density at radius 1 is 1.06 bits per heavy atom. The van der Waals surface area contributed by atoms with Crippen molar-refractivity contribution in [2.45, 2.75) is 82.7 Å². The highest BCUT2D eigenvalue weighted by atomic mass is 32.1. The fourth-order valence-corrected chi connectivity index (χ4v) is 4.83. The van der Waals surface area contributed by atoms with Crippen molar-refractivity contribution in [3.05, 3.63) is 65.2 Å². The van der Waals surface area contributed by atoms with Gasteiger partial charge in [0, 0.05) is 18.5 Å². The van der Waals surface area contributed by atoms with Crippen LogP contribution in [0, 0.1) is 0 Å². The number of hydrogen-bond donors (Lipinski definition) is 1. The second kappa shape index (κ2) is 13.5. The van der Waals surface area contributed by atoms with Crippen LogP contribution in [0.15, 0.2) is 53.5 Å². The maximum atomic E-state index is 12.1. The summed E-state index contributed by atoms with van der Waals surface area (Å²) in [7, 11) is 0. The summed E-state index contributed by atoms with van der Waals surface area (Å²) < 4.78 is 40.7. The van der Waals surface area contributed by atoms with Crippen LogP contribution >= 0.6 is 11.3 Å². The number of aromatic nitrogens is 1. The molecule has 2 aromatic heterocycles. The Morgan fingerprint density at radius 3 is 2.37 bits per heavy atom. The molecule has 0 unspecified atom stereocenters. The predicted octanol–water partition coefficient (Wildman–Crippen LogP) is 8.89. The van der Waals surface area contributed by atoms with Gasteiger partial charge in [-0.05, 0) is 49.3 Å². The number of alkyl halides is 3. The number of carboxylic acid groups (broad SMARTS) is 1. The summed E-state index contributed by atoms with van der Waals surface area (Å²) in [6.45, 7) is 0. The molecule has 1 saturated carbocycles. The van der Waals surface area contributed by atoms with Gasteiger partial charge in [-0.1, -0.05) is 56.4 Å². The molecule has 35 heavy (non-hydrogen) atoms. The molecule has 1 aliphatic carbocycles. The van der Waals surface area contributed by atoms with Gasteiger partial charge in [0.05, 0.1) is 21.7 Å². The Hall–Kier alpha value is -2.61. The van der Waals surface area contributed by atoms with Gasteiger partial charge in [-0.2, -0.15) is 13.2 Å². The van der Waals surface area contributed by atoms with E-state index in [-0.39, 0.29) is 12.0 Å². The summed E-state index contributed by atoms with van der Waals surface area (Å²) in [5.74, 6) is -0.251. The molecule has 0 spiro atoms. The second-order valence-electron chi connectivity index (χ2n) is 8.94. The lowest BCUT2D eigenvalue weighted by molar-refractivity contribution is -0.135. The molecule has 0 saturated heterocycles. The molecule has 0 bridgehead atoms. The highest BCUT2D eigenvalue weighted by molar-refractivity contribution is 7.15. The highest BCUT2D eigenvalue weighted by Crippen LogP contribution is 2.43. The molecule has 4 nitrogen and oxygen atoms in total. The zero-order valence-electron chi connectivity index (χ0n) is 19.7. The largest absolute Gasteiger partial charge is 0.478 e. The Morgan fingerprint density at radius 2 is 1.77 bits per heavy atom. The number of carboxylic acids is 1. The molecule has 0 radical (unpaired) electrons. The Labute approximate surface area is 208 Å². The first-order valence-electron chi connectivity index (χ1n) is 12.2. The average Bonchev–Trinajstić information content (AvgIpc) is 3.31. The van der Waals surface area contributed by atoms with Crippen molar-refractivity contribution < 1.29 is 27.5 Å². The van der Waals surface area contributed by atoms with Gasteiger partial charge in [-0.15, -0.1) is 11.3 Å². The molecule has 0 amide bonds. The molecule has 0 aliphatic heterocycles. The minimum atomic E-state index is -3.99. The SMILES string of the molecule is FC(F)(F)CCCCCCCCCc1cccc(-c2cnc(C3CC3)s2)c1.O=C(O)c1ccoc1. The first-order chi connectivity index (χ1) is 16.8.